The van der Waals surface area contributed by atoms with Crippen LogP contribution >= 0.6 is 11.3 Å². The van der Waals surface area contributed by atoms with Crippen molar-refractivity contribution in [3.63, 3.8) is 0 Å². The molecule has 33 heavy (non-hydrogen) atoms. The number of nitrogens with zero attached hydrogens (tertiary/aromatic N) is 3. The highest BCUT2D eigenvalue weighted by Gasteiger charge is 2.24. The lowest BCUT2D eigenvalue weighted by atomic mass is 9.96. The van der Waals surface area contributed by atoms with E-state index in [0.717, 1.165) is 41.8 Å². The summed E-state index contributed by atoms with van der Waals surface area (Å²) < 4.78 is 1.08. The van der Waals surface area contributed by atoms with Crippen molar-refractivity contribution in [2.45, 2.75) is 25.8 Å². The number of anilines is 2. The average molecular weight is 458 g/mol. The molecular formula is C26H27N5OS. The summed E-state index contributed by atoms with van der Waals surface area (Å²) in [5.74, 6) is 0.259. The molecule has 3 N–H and O–H groups in total. The summed E-state index contributed by atoms with van der Waals surface area (Å²) >= 11 is 1.72. The number of thiophene rings is 1. The van der Waals surface area contributed by atoms with Crippen LogP contribution in [-0.2, 0) is 6.42 Å². The Labute approximate surface area is 197 Å². The van der Waals surface area contributed by atoms with E-state index in [0.29, 0.717) is 17.3 Å². The molecule has 7 heteroatoms. The maximum absolute atomic E-state index is 13.1. The Hall–Kier alpha value is -3.29. The molecule has 1 aliphatic rings. The third kappa shape index (κ3) is 4.89. The topological polar surface area (TPSA) is 84.1 Å². The zero-order valence-corrected chi connectivity index (χ0v) is 19.4. The van der Waals surface area contributed by atoms with Crippen LogP contribution in [0.25, 0.3) is 10.2 Å². The first-order chi connectivity index (χ1) is 16.0. The number of aromatic nitrogens is 2. The number of nitrogens with one attached hydrogen (secondary N) is 1. The van der Waals surface area contributed by atoms with Crippen molar-refractivity contribution in [2.24, 2.45) is 11.7 Å². The fourth-order valence-electron chi connectivity index (χ4n) is 4.53. The van der Waals surface area contributed by atoms with E-state index in [9.17, 15) is 4.79 Å². The van der Waals surface area contributed by atoms with Crippen molar-refractivity contribution in [2.75, 3.05) is 23.3 Å². The molecule has 5 rings (SSSR count). The zero-order valence-electron chi connectivity index (χ0n) is 18.6. The maximum Gasteiger partial charge on any atom is 0.274 e. The van der Waals surface area contributed by atoms with Gasteiger partial charge in [-0.1, -0.05) is 37.3 Å². The molecule has 0 radical (unpaired) electrons. The lowest BCUT2D eigenvalue weighted by Crippen LogP contribution is -2.46. The second-order valence-electron chi connectivity index (χ2n) is 8.81. The van der Waals surface area contributed by atoms with Gasteiger partial charge in [0, 0.05) is 36.6 Å². The molecule has 1 amide bonds. The summed E-state index contributed by atoms with van der Waals surface area (Å²) in [6.45, 7) is 3.88. The number of piperidine rings is 1. The molecule has 1 saturated heterocycles. The molecular weight excluding hydrogens is 430 g/mol. The average Bonchev–Trinajstić information content (AvgIpc) is 3.21. The minimum absolute atomic E-state index is 0.123. The Bertz CT molecular complexity index is 1260. The molecule has 2 unspecified atom stereocenters. The minimum Gasteiger partial charge on any atom is -0.368 e. The molecule has 4 aromatic rings. The van der Waals surface area contributed by atoms with Crippen molar-refractivity contribution < 1.29 is 4.79 Å². The van der Waals surface area contributed by atoms with Crippen LogP contribution in [0.4, 0.5) is 11.4 Å². The van der Waals surface area contributed by atoms with E-state index in [4.69, 9.17) is 5.73 Å². The molecule has 0 aliphatic carbocycles. The van der Waals surface area contributed by atoms with Crippen molar-refractivity contribution in [3.8, 4) is 0 Å². The van der Waals surface area contributed by atoms with Crippen LogP contribution in [-0.4, -0.2) is 35.0 Å². The Kier molecular flexibility index (Phi) is 6.07. The number of carbonyl (C=O) groups excluding carboxylic acids is 1. The molecule has 2 atom stereocenters. The first-order valence-electron chi connectivity index (χ1n) is 11.2. The highest BCUT2D eigenvalue weighted by molar-refractivity contribution is 7.19. The van der Waals surface area contributed by atoms with E-state index in [1.807, 2.05) is 30.3 Å². The number of nitrogens with two attached hydrogens (primary N) is 1. The second-order valence-corrected chi connectivity index (χ2v) is 9.98. The van der Waals surface area contributed by atoms with Crippen LogP contribution in [0.2, 0.25) is 0 Å². The number of hydrogen-bond donors (Lipinski definition) is 2. The van der Waals surface area contributed by atoms with Crippen LogP contribution in [0.5, 0.6) is 0 Å². The van der Waals surface area contributed by atoms with Gasteiger partial charge in [0.1, 0.15) is 5.69 Å². The highest BCUT2D eigenvalue weighted by Crippen LogP contribution is 2.30. The van der Waals surface area contributed by atoms with Crippen molar-refractivity contribution >= 4 is 38.8 Å². The lowest BCUT2D eigenvalue weighted by molar-refractivity contribution is 0.102. The first kappa shape index (κ1) is 21.6. The van der Waals surface area contributed by atoms with Gasteiger partial charge in [0.05, 0.1) is 27.8 Å². The summed E-state index contributed by atoms with van der Waals surface area (Å²) in [4.78, 5) is 25.4. The van der Waals surface area contributed by atoms with Crippen molar-refractivity contribution in [1.82, 2.24) is 9.97 Å². The first-order valence-corrected chi connectivity index (χ1v) is 12.1. The van der Waals surface area contributed by atoms with E-state index in [2.05, 4.69) is 45.3 Å². The number of pyridine rings is 2. The van der Waals surface area contributed by atoms with Crippen LogP contribution < -0.4 is 16.0 Å². The van der Waals surface area contributed by atoms with Crippen molar-refractivity contribution in [3.05, 3.63) is 83.1 Å². The van der Waals surface area contributed by atoms with Gasteiger partial charge >= 0.3 is 0 Å². The van der Waals surface area contributed by atoms with Gasteiger partial charge in [-0.05, 0) is 42.2 Å². The molecule has 0 saturated carbocycles. The molecule has 3 aromatic heterocycles. The molecule has 1 fully saturated rings. The predicted octanol–water partition coefficient (Wildman–Crippen LogP) is 4.71. The second kappa shape index (κ2) is 9.29. The summed E-state index contributed by atoms with van der Waals surface area (Å²) in [6.07, 6.45) is 5.32. The SMILES string of the molecule is CC1CC(N)CN(c2ccncc2NC(=O)c2ccc3sc(Cc4ccccc4)cc3n2)C1. The van der Waals surface area contributed by atoms with Gasteiger partial charge in [0.2, 0.25) is 0 Å². The van der Waals surface area contributed by atoms with Gasteiger partial charge in [-0.2, -0.15) is 0 Å². The number of fused-ring (bicyclic) bond motifs is 1. The Balaban J connectivity index is 1.35. The summed E-state index contributed by atoms with van der Waals surface area (Å²) in [5.41, 5.74) is 10.4. The lowest BCUT2D eigenvalue weighted by Gasteiger charge is -2.37. The third-order valence-corrected chi connectivity index (χ3v) is 7.05. The molecule has 6 nitrogen and oxygen atoms in total. The van der Waals surface area contributed by atoms with E-state index in [1.54, 1.807) is 29.8 Å². The monoisotopic (exact) mass is 457 g/mol. The summed E-state index contributed by atoms with van der Waals surface area (Å²) in [7, 11) is 0. The van der Waals surface area contributed by atoms with Crippen molar-refractivity contribution in [1.29, 1.82) is 0 Å². The normalized spacial score (nSPS) is 18.4. The van der Waals surface area contributed by atoms with Gasteiger partial charge in [-0.3, -0.25) is 9.78 Å². The molecule has 0 bridgehead atoms. The fourth-order valence-corrected chi connectivity index (χ4v) is 5.56. The van der Waals surface area contributed by atoms with Crippen LogP contribution in [0.1, 0.15) is 34.3 Å². The largest absolute Gasteiger partial charge is 0.368 e. The van der Waals surface area contributed by atoms with Gasteiger partial charge < -0.3 is 16.0 Å². The van der Waals surface area contributed by atoms with E-state index in [1.165, 1.54) is 10.4 Å². The molecule has 168 valence electrons. The number of benzene rings is 1. The van der Waals surface area contributed by atoms with Gasteiger partial charge in [-0.15, -0.1) is 11.3 Å². The number of amides is 1. The highest BCUT2D eigenvalue weighted by atomic mass is 32.1. The van der Waals surface area contributed by atoms with Crippen LogP contribution in [0.3, 0.4) is 0 Å². The Morgan fingerprint density at radius 2 is 2.03 bits per heavy atom. The molecule has 1 aromatic carbocycles. The van der Waals surface area contributed by atoms with E-state index >= 15 is 0 Å². The fraction of sp³-hybridized carbons (Fsp3) is 0.269. The zero-order chi connectivity index (χ0) is 22.8. The number of hydrogen-bond acceptors (Lipinski definition) is 6. The minimum atomic E-state index is -0.240. The molecule has 4 heterocycles. The predicted molar refractivity (Wildman–Crippen MR) is 135 cm³/mol. The third-order valence-electron chi connectivity index (χ3n) is 5.96. The standard InChI is InChI=1S/C26H27N5OS/c1-17-11-19(27)16-31(15-17)24-9-10-28-14-23(24)30-26(32)21-7-8-25-22(29-21)13-20(33-25)12-18-5-3-2-4-6-18/h2-10,13-14,17,19H,11-12,15-16,27H2,1H3,(H,30,32). The van der Waals surface area contributed by atoms with E-state index < -0.39 is 0 Å². The Morgan fingerprint density at radius 3 is 2.85 bits per heavy atom. The van der Waals surface area contributed by atoms with E-state index in [-0.39, 0.29) is 11.9 Å². The summed E-state index contributed by atoms with van der Waals surface area (Å²) in [6, 6.07) is 18.3. The van der Waals surface area contributed by atoms with Crippen LogP contribution in [0, 0.1) is 5.92 Å². The molecule has 0 spiro atoms. The van der Waals surface area contributed by atoms with Gasteiger partial charge in [0.25, 0.3) is 5.91 Å². The summed E-state index contributed by atoms with van der Waals surface area (Å²) in [5, 5.41) is 3.02. The number of rotatable bonds is 5. The smallest absolute Gasteiger partial charge is 0.274 e. The van der Waals surface area contributed by atoms with Crippen LogP contribution in [0.15, 0.2) is 67.0 Å². The molecule has 1 aliphatic heterocycles. The van der Waals surface area contributed by atoms with Gasteiger partial charge in [0.15, 0.2) is 0 Å². The van der Waals surface area contributed by atoms with Gasteiger partial charge in [-0.25, -0.2) is 4.98 Å². The maximum atomic E-state index is 13.1. The Morgan fingerprint density at radius 1 is 1.18 bits per heavy atom. The number of carbonyl (C=O) groups is 1. The quantitative estimate of drug-likeness (QED) is 0.453.